The Kier molecular flexibility index (Phi) is 6.35. The zero-order chi connectivity index (χ0) is 34.2. The van der Waals surface area contributed by atoms with Gasteiger partial charge in [-0.1, -0.05) is 133 Å². The molecule has 0 fully saturated rings. The predicted octanol–water partition coefficient (Wildman–Crippen LogP) is 11.1. The van der Waals surface area contributed by atoms with Crippen molar-refractivity contribution in [3.8, 4) is 67.4 Å². The summed E-state index contributed by atoms with van der Waals surface area (Å²) in [5, 5.41) is 2.49. The van der Waals surface area contributed by atoms with Gasteiger partial charge in [-0.25, -0.2) is 0 Å². The summed E-state index contributed by atoms with van der Waals surface area (Å²) in [6.07, 6.45) is 0. The van der Waals surface area contributed by atoms with Gasteiger partial charge in [-0.2, -0.15) is 0 Å². The molecule has 0 saturated heterocycles. The van der Waals surface area contributed by atoms with Crippen LogP contribution >= 0.6 is 0 Å². The minimum Gasteiger partial charge on any atom is -0.551 e. The molecule has 0 N–H and O–H groups in total. The zero-order valence-electron chi connectivity index (χ0n) is 28.2. The highest BCUT2D eigenvalue weighted by atomic mass is 16.5. The van der Waals surface area contributed by atoms with Crippen molar-refractivity contribution >= 4 is 39.6 Å². The summed E-state index contributed by atoms with van der Waals surface area (Å²) in [5.74, 6) is 2.54. The summed E-state index contributed by atoms with van der Waals surface area (Å²) in [4.78, 5) is 0. The lowest BCUT2D eigenvalue weighted by atomic mass is 9.50. The molecule has 52 heavy (non-hydrogen) atoms. The average Bonchev–Trinajstić information content (AvgIpc) is 3.55. The van der Waals surface area contributed by atoms with Crippen molar-refractivity contribution in [2.75, 3.05) is 0 Å². The third-order valence-corrected chi connectivity index (χ3v) is 10.7. The van der Waals surface area contributed by atoms with Crippen molar-refractivity contribution in [2.45, 2.75) is 0 Å². The second-order valence-corrected chi connectivity index (χ2v) is 13.6. The minimum atomic E-state index is -0.267. The Hall–Kier alpha value is -6.78. The van der Waals surface area contributed by atoms with Gasteiger partial charge in [0.25, 0.3) is 0 Å². The highest BCUT2D eigenvalue weighted by Gasteiger charge is 2.40. The lowest BCUT2D eigenvalue weighted by Gasteiger charge is -2.33. The topological polar surface area (TPSA) is 23.4 Å². The van der Waals surface area contributed by atoms with Gasteiger partial charge in [0.1, 0.15) is 17.2 Å². The SMILES string of the molecule is c1ccc(-c2cccc(-c3ccc4c(c3)-c3cccc5c3B(O4)c3ccc(-c4ccccc4-n4c6ccccc6c6ccccc64)cc3O5)c2)cc1. The molecule has 2 aliphatic rings. The van der Waals surface area contributed by atoms with E-state index in [1.807, 2.05) is 0 Å². The number of rotatable bonds is 4. The van der Waals surface area contributed by atoms with Crippen LogP contribution in [0.25, 0.3) is 72.0 Å². The third-order valence-electron chi connectivity index (χ3n) is 10.7. The van der Waals surface area contributed by atoms with Gasteiger partial charge >= 0.3 is 6.92 Å². The van der Waals surface area contributed by atoms with Crippen LogP contribution in [-0.4, -0.2) is 11.5 Å². The molecule has 3 nitrogen and oxygen atoms in total. The van der Waals surface area contributed by atoms with E-state index in [4.69, 9.17) is 9.39 Å². The van der Waals surface area contributed by atoms with Crippen LogP contribution in [0, 0.1) is 0 Å². The summed E-state index contributed by atoms with van der Waals surface area (Å²) in [7, 11) is 0. The first-order valence-electron chi connectivity index (χ1n) is 17.8. The number of aromatic nitrogens is 1. The molecule has 0 unspecified atom stereocenters. The molecule has 0 radical (unpaired) electrons. The molecule has 0 spiro atoms. The minimum absolute atomic E-state index is 0.267. The molecule has 11 rings (SSSR count). The Morgan fingerprint density at radius 2 is 1.02 bits per heavy atom. The molecule has 1 aromatic heterocycles. The smallest absolute Gasteiger partial charge is 0.434 e. The maximum Gasteiger partial charge on any atom is 0.434 e. The van der Waals surface area contributed by atoms with E-state index in [0.717, 1.165) is 61.7 Å². The maximum absolute atomic E-state index is 6.89. The normalized spacial score (nSPS) is 12.5. The first-order chi connectivity index (χ1) is 25.8. The monoisotopic (exact) mass is 663 g/mol. The molecule has 4 heteroatoms. The molecule has 8 aromatic carbocycles. The van der Waals surface area contributed by atoms with Crippen molar-refractivity contribution in [3.63, 3.8) is 0 Å². The Morgan fingerprint density at radius 3 is 1.85 bits per heavy atom. The van der Waals surface area contributed by atoms with E-state index in [2.05, 4.69) is 187 Å². The van der Waals surface area contributed by atoms with Crippen LogP contribution < -0.4 is 20.3 Å². The Bertz CT molecular complexity index is 2820. The number of nitrogens with zero attached hydrogens (tertiary/aromatic N) is 1. The van der Waals surface area contributed by atoms with Crippen molar-refractivity contribution in [1.29, 1.82) is 0 Å². The van der Waals surface area contributed by atoms with E-state index >= 15 is 0 Å². The fraction of sp³-hybridized carbons (Fsp3) is 0. The van der Waals surface area contributed by atoms with Gasteiger partial charge in [0.05, 0.1) is 16.7 Å². The largest absolute Gasteiger partial charge is 0.551 e. The first kappa shape index (κ1) is 29.0. The first-order valence-corrected chi connectivity index (χ1v) is 17.8. The Balaban J connectivity index is 0.990. The molecule has 3 heterocycles. The van der Waals surface area contributed by atoms with E-state index in [9.17, 15) is 0 Å². The van der Waals surface area contributed by atoms with Gasteiger partial charge < -0.3 is 14.0 Å². The zero-order valence-corrected chi connectivity index (χ0v) is 28.2. The summed E-state index contributed by atoms with van der Waals surface area (Å²) in [5.41, 5.74) is 14.8. The average molecular weight is 664 g/mol. The summed E-state index contributed by atoms with van der Waals surface area (Å²) >= 11 is 0. The highest BCUT2D eigenvalue weighted by Crippen LogP contribution is 2.43. The number of fused-ring (bicyclic) bond motifs is 7. The molecule has 9 aromatic rings. The van der Waals surface area contributed by atoms with E-state index < -0.39 is 0 Å². The maximum atomic E-state index is 6.89. The Morgan fingerprint density at radius 1 is 0.385 bits per heavy atom. The summed E-state index contributed by atoms with van der Waals surface area (Å²) < 4.78 is 16.0. The van der Waals surface area contributed by atoms with E-state index in [0.29, 0.717) is 0 Å². The van der Waals surface area contributed by atoms with Gasteiger partial charge in [-0.15, -0.1) is 0 Å². The van der Waals surface area contributed by atoms with Crippen LogP contribution in [0.15, 0.2) is 182 Å². The number of benzene rings is 8. The second-order valence-electron chi connectivity index (χ2n) is 13.6. The summed E-state index contributed by atoms with van der Waals surface area (Å²) in [6.45, 7) is -0.267. The second kappa shape index (κ2) is 11.4. The van der Waals surface area contributed by atoms with Crippen LogP contribution in [0.3, 0.4) is 0 Å². The van der Waals surface area contributed by atoms with Crippen LogP contribution in [0.4, 0.5) is 0 Å². The van der Waals surface area contributed by atoms with Gasteiger partial charge in [-0.3, -0.25) is 0 Å². The number of ether oxygens (including phenoxy) is 1. The quantitative estimate of drug-likeness (QED) is 0.175. The van der Waals surface area contributed by atoms with Crippen LogP contribution in [0.1, 0.15) is 0 Å². The molecule has 0 saturated carbocycles. The molecular weight excluding hydrogens is 633 g/mol. The van der Waals surface area contributed by atoms with E-state index in [-0.39, 0.29) is 6.92 Å². The van der Waals surface area contributed by atoms with E-state index in [1.54, 1.807) is 0 Å². The van der Waals surface area contributed by atoms with E-state index in [1.165, 1.54) is 38.5 Å². The number of hydrogen-bond donors (Lipinski definition) is 0. The van der Waals surface area contributed by atoms with Crippen molar-refractivity contribution in [1.82, 2.24) is 4.57 Å². The van der Waals surface area contributed by atoms with Gasteiger partial charge in [-0.05, 0) is 81.9 Å². The summed E-state index contributed by atoms with van der Waals surface area (Å²) in [6, 6.07) is 64.7. The molecule has 242 valence electrons. The fourth-order valence-corrected chi connectivity index (χ4v) is 8.30. The van der Waals surface area contributed by atoms with Crippen LogP contribution in [0.2, 0.25) is 0 Å². The molecular formula is C48H30BNO2. The highest BCUT2D eigenvalue weighted by molar-refractivity contribution is 6.84. The lowest BCUT2D eigenvalue weighted by Crippen LogP contribution is -2.53. The molecule has 2 aliphatic heterocycles. The van der Waals surface area contributed by atoms with Crippen molar-refractivity contribution < 1.29 is 9.39 Å². The predicted molar refractivity (Wildman–Crippen MR) is 215 cm³/mol. The molecule has 0 atom stereocenters. The van der Waals surface area contributed by atoms with Gasteiger partial charge in [0.2, 0.25) is 0 Å². The Labute approximate surface area is 302 Å². The number of hydrogen-bond acceptors (Lipinski definition) is 2. The van der Waals surface area contributed by atoms with Gasteiger partial charge in [0, 0.05) is 32.8 Å². The van der Waals surface area contributed by atoms with Crippen LogP contribution in [-0.2, 0) is 0 Å². The molecule has 0 aliphatic carbocycles. The number of para-hydroxylation sites is 3. The van der Waals surface area contributed by atoms with Crippen molar-refractivity contribution in [2.24, 2.45) is 0 Å². The van der Waals surface area contributed by atoms with Gasteiger partial charge in [0.15, 0.2) is 0 Å². The lowest BCUT2D eigenvalue weighted by molar-refractivity contribution is 0.479. The fourth-order valence-electron chi connectivity index (χ4n) is 8.30. The third kappa shape index (κ3) is 4.41. The standard InChI is InChI=1S/C48H30BNO2/c1-2-12-31(13-3-1)32-14-10-15-33(28-32)34-25-27-45-40(29-34)39-19-11-23-46-48(39)49(52-45)41-26-24-35(30-47(41)51-46)36-16-4-7-20-42(36)50-43-21-8-5-17-37(43)38-18-6-9-22-44(38)50/h1-30H. The van der Waals surface area contributed by atoms with Crippen molar-refractivity contribution in [3.05, 3.63) is 182 Å². The molecule has 0 bridgehead atoms. The van der Waals surface area contributed by atoms with Crippen LogP contribution in [0.5, 0.6) is 17.2 Å². The molecule has 0 amide bonds.